The minimum Gasteiger partial charge on any atom is -0.465 e. The molecule has 1 aliphatic carbocycles. The van der Waals surface area contributed by atoms with Crippen molar-refractivity contribution in [3.05, 3.63) is 53.2 Å². The van der Waals surface area contributed by atoms with Crippen molar-refractivity contribution in [2.24, 2.45) is 0 Å². The van der Waals surface area contributed by atoms with Gasteiger partial charge in [0.05, 0.1) is 12.7 Å². The smallest absolute Gasteiger partial charge is 0.337 e. The molecule has 0 atom stereocenters. The van der Waals surface area contributed by atoms with Gasteiger partial charge in [0.25, 0.3) is 0 Å². The number of rotatable bonds is 3. The average Bonchev–Trinajstić information content (AvgIpc) is 2.95. The van der Waals surface area contributed by atoms with E-state index in [1.807, 2.05) is 6.07 Å². The topological polar surface area (TPSA) is 48.4 Å². The van der Waals surface area contributed by atoms with E-state index in [4.69, 9.17) is 4.74 Å². The highest BCUT2D eigenvalue weighted by atomic mass is 16.5. The molecular weight excluding hydrogens is 254 g/mol. The molecule has 0 amide bonds. The Morgan fingerprint density at radius 1 is 1.10 bits per heavy atom. The fourth-order valence-electron chi connectivity index (χ4n) is 2.36. The predicted octanol–water partition coefficient (Wildman–Crippen LogP) is 3.15. The number of pyridine rings is 1. The third kappa shape index (κ3) is 2.50. The summed E-state index contributed by atoms with van der Waals surface area (Å²) in [5.41, 5.74) is 2.95. The maximum absolute atomic E-state index is 11.3. The number of aromatic nitrogens is 1. The molecule has 0 unspecified atom stereocenters. The molecule has 0 aliphatic heterocycles. The number of nitrogens with zero attached hydrogens (tertiary/aromatic N) is 1. The summed E-state index contributed by atoms with van der Waals surface area (Å²) in [4.78, 5) is 15.8. The molecule has 102 valence electrons. The highest BCUT2D eigenvalue weighted by Gasteiger charge is 2.13. The monoisotopic (exact) mass is 269 g/mol. The first kappa shape index (κ1) is 12.7. The van der Waals surface area contributed by atoms with Gasteiger partial charge in [-0.2, -0.15) is 0 Å². The van der Waals surface area contributed by atoms with Gasteiger partial charge >= 0.3 is 5.97 Å². The van der Waals surface area contributed by atoms with Crippen LogP contribution in [0.2, 0.25) is 0 Å². The van der Waals surface area contributed by atoms with Crippen molar-refractivity contribution >= 4 is 5.97 Å². The maximum atomic E-state index is 11.3. The minimum atomic E-state index is -0.354. The molecule has 1 aliphatic rings. The first-order valence-corrected chi connectivity index (χ1v) is 6.61. The van der Waals surface area contributed by atoms with E-state index in [9.17, 15) is 4.79 Å². The number of aryl methyl sites for hydroxylation is 2. The third-order valence-electron chi connectivity index (χ3n) is 3.40. The number of methoxy groups -OCH3 is 1. The van der Waals surface area contributed by atoms with Gasteiger partial charge in [-0.3, -0.25) is 0 Å². The lowest BCUT2D eigenvalue weighted by molar-refractivity contribution is 0.0600. The normalized spacial score (nSPS) is 12.8. The third-order valence-corrected chi connectivity index (χ3v) is 3.40. The van der Waals surface area contributed by atoms with Crippen LogP contribution < -0.4 is 4.74 Å². The lowest BCUT2D eigenvalue weighted by Crippen LogP contribution is -2.00. The molecule has 2 aromatic rings. The van der Waals surface area contributed by atoms with E-state index in [-0.39, 0.29) is 5.97 Å². The number of benzene rings is 1. The molecule has 0 saturated carbocycles. The summed E-state index contributed by atoms with van der Waals surface area (Å²) in [5, 5.41) is 0. The molecule has 1 heterocycles. The molecule has 0 bridgehead atoms. The van der Waals surface area contributed by atoms with Gasteiger partial charge in [0, 0.05) is 11.8 Å². The Kier molecular flexibility index (Phi) is 3.37. The van der Waals surface area contributed by atoms with Crippen LogP contribution in [0.5, 0.6) is 11.6 Å². The summed E-state index contributed by atoms with van der Waals surface area (Å²) in [6, 6.07) is 10.8. The molecule has 0 radical (unpaired) electrons. The highest BCUT2D eigenvalue weighted by Crippen LogP contribution is 2.25. The molecule has 0 spiro atoms. The molecule has 4 nitrogen and oxygen atoms in total. The second-order valence-electron chi connectivity index (χ2n) is 4.73. The summed E-state index contributed by atoms with van der Waals surface area (Å²) >= 11 is 0. The lowest BCUT2D eigenvalue weighted by Gasteiger charge is -2.07. The van der Waals surface area contributed by atoms with Gasteiger partial charge in [0.15, 0.2) is 0 Å². The van der Waals surface area contributed by atoms with E-state index < -0.39 is 0 Å². The predicted molar refractivity (Wildman–Crippen MR) is 74.1 cm³/mol. The molecular formula is C16H15NO3. The van der Waals surface area contributed by atoms with Crippen LogP contribution in [0.3, 0.4) is 0 Å². The average molecular weight is 269 g/mol. The Morgan fingerprint density at radius 2 is 1.90 bits per heavy atom. The van der Waals surface area contributed by atoms with Gasteiger partial charge < -0.3 is 9.47 Å². The van der Waals surface area contributed by atoms with Crippen molar-refractivity contribution in [1.82, 2.24) is 4.98 Å². The standard InChI is InChI=1S/C16H15NO3/c1-19-16(18)12-5-8-13(9-6-12)20-15-10-7-11-3-2-4-14(11)17-15/h5-10H,2-4H2,1H3. The zero-order valence-corrected chi connectivity index (χ0v) is 11.3. The quantitative estimate of drug-likeness (QED) is 0.803. The zero-order chi connectivity index (χ0) is 13.9. The van der Waals surface area contributed by atoms with Crippen LogP contribution in [0.4, 0.5) is 0 Å². The molecule has 4 heteroatoms. The number of fused-ring (bicyclic) bond motifs is 1. The van der Waals surface area contributed by atoms with Crippen molar-refractivity contribution in [1.29, 1.82) is 0 Å². The van der Waals surface area contributed by atoms with Crippen LogP contribution in [0.15, 0.2) is 36.4 Å². The van der Waals surface area contributed by atoms with E-state index in [1.54, 1.807) is 24.3 Å². The van der Waals surface area contributed by atoms with Crippen molar-refractivity contribution in [2.45, 2.75) is 19.3 Å². The lowest BCUT2D eigenvalue weighted by atomic mass is 10.2. The first-order chi connectivity index (χ1) is 9.76. The van der Waals surface area contributed by atoms with Crippen LogP contribution in [0.1, 0.15) is 28.0 Å². The van der Waals surface area contributed by atoms with Gasteiger partial charge in [0.2, 0.25) is 5.88 Å². The van der Waals surface area contributed by atoms with Gasteiger partial charge in [-0.1, -0.05) is 6.07 Å². The van der Waals surface area contributed by atoms with Crippen LogP contribution in [0, 0.1) is 0 Å². The van der Waals surface area contributed by atoms with Gasteiger partial charge in [-0.25, -0.2) is 9.78 Å². The summed E-state index contributed by atoms with van der Waals surface area (Å²) < 4.78 is 10.4. The summed E-state index contributed by atoms with van der Waals surface area (Å²) in [5.74, 6) is 0.895. The van der Waals surface area contributed by atoms with Crippen molar-refractivity contribution in [2.75, 3.05) is 7.11 Å². The fourth-order valence-corrected chi connectivity index (χ4v) is 2.36. The number of hydrogen-bond donors (Lipinski definition) is 0. The maximum Gasteiger partial charge on any atom is 0.337 e. The minimum absolute atomic E-state index is 0.354. The summed E-state index contributed by atoms with van der Waals surface area (Å²) in [6.45, 7) is 0. The molecule has 3 rings (SSSR count). The van der Waals surface area contributed by atoms with E-state index in [1.165, 1.54) is 19.1 Å². The van der Waals surface area contributed by atoms with Crippen LogP contribution in [-0.4, -0.2) is 18.1 Å². The second kappa shape index (κ2) is 5.33. The Balaban J connectivity index is 1.76. The molecule has 0 saturated heterocycles. The Morgan fingerprint density at radius 3 is 2.65 bits per heavy atom. The van der Waals surface area contributed by atoms with Gasteiger partial charge in [-0.15, -0.1) is 0 Å². The Bertz CT molecular complexity index is 635. The molecule has 1 aromatic heterocycles. The Labute approximate surface area is 117 Å². The highest BCUT2D eigenvalue weighted by molar-refractivity contribution is 5.89. The molecule has 1 aromatic carbocycles. The Hall–Kier alpha value is -2.36. The SMILES string of the molecule is COC(=O)c1ccc(Oc2ccc3c(n2)CCC3)cc1. The molecule has 0 N–H and O–H groups in total. The van der Waals surface area contributed by atoms with Crippen molar-refractivity contribution < 1.29 is 14.3 Å². The van der Waals surface area contributed by atoms with Gasteiger partial charge in [0.1, 0.15) is 5.75 Å². The largest absolute Gasteiger partial charge is 0.465 e. The summed E-state index contributed by atoms with van der Waals surface area (Å²) in [7, 11) is 1.36. The van der Waals surface area contributed by atoms with E-state index in [0.29, 0.717) is 17.2 Å². The van der Waals surface area contributed by atoms with E-state index in [2.05, 4.69) is 15.8 Å². The fraction of sp³-hybridized carbons (Fsp3) is 0.250. The van der Waals surface area contributed by atoms with Crippen molar-refractivity contribution in [3.63, 3.8) is 0 Å². The molecule has 0 fully saturated rings. The number of carbonyl (C=O) groups excluding carboxylic acids is 1. The van der Waals surface area contributed by atoms with Crippen LogP contribution >= 0.6 is 0 Å². The van der Waals surface area contributed by atoms with E-state index in [0.717, 1.165) is 18.5 Å². The van der Waals surface area contributed by atoms with E-state index >= 15 is 0 Å². The zero-order valence-electron chi connectivity index (χ0n) is 11.3. The number of esters is 1. The van der Waals surface area contributed by atoms with Crippen LogP contribution in [0.25, 0.3) is 0 Å². The van der Waals surface area contributed by atoms with Crippen molar-refractivity contribution in [3.8, 4) is 11.6 Å². The number of carbonyl (C=O) groups is 1. The molecule has 20 heavy (non-hydrogen) atoms. The number of ether oxygens (including phenoxy) is 2. The van der Waals surface area contributed by atoms with Gasteiger partial charge in [-0.05, 0) is 49.1 Å². The second-order valence-corrected chi connectivity index (χ2v) is 4.73. The first-order valence-electron chi connectivity index (χ1n) is 6.61. The van der Waals surface area contributed by atoms with Crippen LogP contribution in [-0.2, 0) is 17.6 Å². The summed E-state index contributed by atoms with van der Waals surface area (Å²) in [6.07, 6.45) is 3.30. The number of hydrogen-bond acceptors (Lipinski definition) is 4.